The number of nitrogens with zero attached hydrogens (tertiary/aromatic N) is 4. The summed E-state index contributed by atoms with van der Waals surface area (Å²) in [5, 5.41) is 7.02. The van der Waals surface area contributed by atoms with Gasteiger partial charge in [-0.25, -0.2) is 13.4 Å². The molecular formula is C19H28IN5O3S. The fraction of sp³-hybridized carbons (Fsp3) is 0.474. The molecule has 0 radical (unpaired) electrons. The molecule has 1 fully saturated rings. The summed E-state index contributed by atoms with van der Waals surface area (Å²) in [6.07, 6.45) is 1.39. The summed E-state index contributed by atoms with van der Waals surface area (Å²) in [7, 11) is -3.40. The van der Waals surface area contributed by atoms with Gasteiger partial charge < -0.3 is 14.7 Å². The Labute approximate surface area is 189 Å². The minimum atomic E-state index is -3.40. The van der Waals surface area contributed by atoms with E-state index in [1.165, 1.54) is 16.1 Å². The van der Waals surface area contributed by atoms with Crippen molar-refractivity contribution >= 4 is 40.0 Å². The van der Waals surface area contributed by atoms with Crippen LogP contribution < -0.4 is 5.32 Å². The van der Waals surface area contributed by atoms with Gasteiger partial charge in [0.05, 0.1) is 12.2 Å². The van der Waals surface area contributed by atoms with Gasteiger partial charge in [-0.3, -0.25) is 0 Å². The first-order chi connectivity index (χ1) is 13.5. The van der Waals surface area contributed by atoms with Crippen molar-refractivity contribution in [2.45, 2.75) is 26.1 Å². The van der Waals surface area contributed by atoms with Crippen molar-refractivity contribution < 1.29 is 12.9 Å². The number of sulfonamides is 1. The third-order valence-electron chi connectivity index (χ3n) is 4.58. The summed E-state index contributed by atoms with van der Waals surface area (Å²) in [4.78, 5) is 6.85. The van der Waals surface area contributed by atoms with Crippen molar-refractivity contribution in [3.63, 3.8) is 0 Å². The van der Waals surface area contributed by atoms with Gasteiger partial charge in [0.1, 0.15) is 12.0 Å². The molecule has 3 rings (SSSR count). The molecule has 2 aromatic rings. The fourth-order valence-corrected chi connectivity index (χ4v) is 4.60. The second-order valence-electron chi connectivity index (χ2n) is 6.79. The van der Waals surface area contributed by atoms with E-state index in [1.54, 1.807) is 6.07 Å². The quantitative estimate of drug-likeness (QED) is 0.348. The molecule has 0 aliphatic carbocycles. The van der Waals surface area contributed by atoms with Crippen LogP contribution in [0.5, 0.6) is 0 Å². The standard InChI is InChI=1S/C19H27N5O3S.HI/c1-3-20-19(21-14-17-6-4-5-16(2)13-17)23-8-10-24(11-9-23)28(25,26)15-18-7-12-27-22-18;/h4-7,12-13H,3,8-11,14-15H2,1-2H3,(H,20,21);1H. The number of nitrogens with one attached hydrogen (secondary N) is 1. The minimum Gasteiger partial charge on any atom is -0.364 e. The highest BCUT2D eigenvalue weighted by Gasteiger charge is 2.28. The summed E-state index contributed by atoms with van der Waals surface area (Å²) in [6, 6.07) is 9.87. The lowest BCUT2D eigenvalue weighted by Gasteiger charge is -2.35. The van der Waals surface area contributed by atoms with Crippen molar-refractivity contribution in [1.29, 1.82) is 0 Å². The van der Waals surface area contributed by atoms with Crippen molar-refractivity contribution in [1.82, 2.24) is 19.7 Å². The molecule has 0 amide bonds. The molecule has 1 aromatic heterocycles. The molecule has 1 saturated heterocycles. The highest BCUT2D eigenvalue weighted by atomic mass is 127. The molecule has 29 heavy (non-hydrogen) atoms. The van der Waals surface area contributed by atoms with Crippen LogP contribution in [0.4, 0.5) is 0 Å². The van der Waals surface area contributed by atoms with Gasteiger partial charge in [-0.05, 0) is 19.4 Å². The zero-order valence-electron chi connectivity index (χ0n) is 16.7. The number of guanidine groups is 1. The molecule has 0 atom stereocenters. The Hall–Kier alpha value is -1.66. The molecule has 2 heterocycles. The Balaban J connectivity index is 0.00000300. The Bertz CT molecular complexity index is 894. The van der Waals surface area contributed by atoms with E-state index >= 15 is 0 Å². The Morgan fingerprint density at radius 3 is 2.62 bits per heavy atom. The van der Waals surface area contributed by atoms with Crippen LogP contribution in [-0.4, -0.2) is 61.5 Å². The third-order valence-corrected chi connectivity index (χ3v) is 6.39. The number of aromatic nitrogens is 1. The normalized spacial score (nSPS) is 15.8. The van der Waals surface area contributed by atoms with Gasteiger partial charge in [-0.1, -0.05) is 35.0 Å². The van der Waals surface area contributed by atoms with Crippen molar-refractivity contribution in [2.75, 3.05) is 32.7 Å². The molecule has 1 aromatic carbocycles. The average Bonchev–Trinajstić information content (AvgIpc) is 3.17. The molecule has 0 unspecified atom stereocenters. The Morgan fingerprint density at radius 1 is 1.24 bits per heavy atom. The highest BCUT2D eigenvalue weighted by Crippen LogP contribution is 2.13. The van der Waals surface area contributed by atoms with E-state index < -0.39 is 10.0 Å². The maximum absolute atomic E-state index is 12.6. The number of hydrogen-bond acceptors (Lipinski definition) is 5. The van der Waals surface area contributed by atoms with Crippen LogP contribution in [0.2, 0.25) is 0 Å². The summed E-state index contributed by atoms with van der Waals surface area (Å²) in [5.41, 5.74) is 2.79. The second kappa shape index (κ2) is 10.9. The van der Waals surface area contributed by atoms with Crippen molar-refractivity contribution in [3.8, 4) is 0 Å². The molecule has 1 aliphatic rings. The summed E-state index contributed by atoms with van der Waals surface area (Å²) in [6.45, 7) is 7.49. The Morgan fingerprint density at radius 2 is 2.00 bits per heavy atom. The van der Waals surface area contributed by atoms with E-state index in [1.807, 2.05) is 13.0 Å². The first-order valence-corrected chi connectivity index (χ1v) is 11.0. The van der Waals surface area contributed by atoms with Crippen LogP contribution in [0.15, 0.2) is 46.1 Å². The molecule has 0 saturated carbocycles. The Kier molecular flexibility index (Phi) is 8.90. The van der Waals surface area contributed by atoms with E-state index in [2.05, 4.69) is 40.5 Å². The van der Waals surface area contributed by atoms with Gasteiger partial charge in [0.25, 0.3) is 0 Å². The molecule has 1 aliphatic heterocycles. The van der Waals surface area contributed by atoms with Gasteiger partial charge in [-0.2, -0.15) is 4.31 Å². The first-order valence-electron chi connectivity index (χ1n) is 9.44. The maximum atomic E-state index is 12.6. The summed E-state index contributed by atoms with van der Waals surface area (Å²) < 4.78 is 31.4. The molecule has 0 bridgehead atoms. The topological polar surface area (TPSA) is 91.0 Å². The number of piperazine rings is 1. The lowest BCUT2D eigenvalue weighted by molar-refractivity contribution is 0.259. The molecule has 0 spiro atoms. The zero-order valence-corrected chi connectivity index (χ0v) is 19.9. The van der Waals surface area contributed by atoms with Crippen molar-refractivity contribution in [3.05, 3.63) is 53.4 Å². The van der Waals surface area contributed by atoms with E-state index in [-0.39, 0.29) is 29.7 Å². The maximum Gasteiger partial charge on any atom is 0.220 e. The van der Waals surface area contributed by atoms with Crippen LogP contribution in [0.25, 0.3) is 0 Å². The second-order valence-corrected chi connectivity index (χ2v) is 8.76. The largest absolute Gasteiger partial charge is 0.364 e. The number of benzene rings is 1. The fourth-order valence-electron chi connectivity index (χ4n) is 3.17. The average molecular weight is 533 g/mol. The molecule has 8 nitrogen and oxygen atoms in total. The first kappa shape index (κ1) is 23.6. The van der Waals surface area contributed by atoms with Gasteiger partial charge in [0, 0.05) is 38.8 Å². The number of rotatable bonds is 6. The number of aryl methyl sites for hydroxylation is 1. The number of hydrogen-bond donors (Lipinski definition) is 1. The zero-order chi connectivity index (χ0) is 20.0. The van der Waals surface area contributed by atoms with Crippen LogP contribution in [-0.2, 0) is 22.3 Å². The van der Waals surface area contributed by atoms with Crippen molar-refractivity contribution in [2.24, 2.45) is 4.99 Å². The number of aliphatic imine (C=N–C) groups is 1. The third kappa shape index (κ3) is 6.68. The molecule has 1 N–H and O–H groups in total. The number of halogens is 1. The SMILES string of the molecule is CCNC(=NCc1cccc(C)c1)N1CCN(S(=O)(=O)Cc2ccon2)CC1.I. The van der Waals surface area contributed by atoms with E-state index in [0.29, 0.717) is 38.4 Å². The van der Waals surface area contributed by atoms with Crippen LogP contribution in [0, 0.1) is 6.92 Å². The van der Waals surface area contributed by atoms with E-state index in [9.17, 15) is 8.42 Å². The van der Waals surface area contributed by atoms with E-state index in [4.69, 9.17) is 9.52 Å². The van der Waals surface area contributed by atoms with Gasteiger partial charge in [0.15, 0.2) is 5.96 Å². The van der Waals surface area contributed by atoms with Gasteiger partial charge in [0.2, 0.25) is 10.0 Å². The molecule has 160 valence electrons. The minimum absolute atomic E-state index is 0. The van der Waals surface area contributed by atoms with Gasteiger partial charge >= 0.3 is 0 Å². The molecular weight excluding hydrogens is 505 g/mol. The van der Waals surface area contributed by atoms with Crippen LogP contribution >= 0.6 is 24.0 Å². The highest BCUT2D eigenvalue weighted by molar-refractivity contribution is 14.0. The smallest absolute Gasteiger partial charge is 0.220 e. The monoisotopic (exact) mass is 533 g/mol. The van der Waals surface area contributed by atoms with Crippen LogP contribution in [0.3, 0.4) is 0 Å². The lowest BCUT2D eigenvalue weighted by atomic mass is 10.1. The predicted octanol–water partition coefficient (Wildman–Crippen LogP) is 2.21. The van der Waals surface area contributed by atoms with Crippen LogP contribution in [0.1, 0.15) is 23.7 Å². The molecule has 10 heteroatoms. The summed E-state index contributed by atoms with van der Waals surface area (Å²) in [5.74, 6) is 0.683. The van der Waals surface area contributed by atoms with E-state index in [0.717, 1.165) is 18.1 Å². The van der Waals surface area contributed by atoms with Gasteiger partial charge in [-0.15, -0.1) is 24.0 Å². The summed E-state index contributed by atoms with van der Waals surface area (Å²) >= 11 is 0. The predicted molar refractivity (Wildman–Crippen MR) is 124 cm³/mol. The lowest BCUT2D eigenvalue weighted by Crippen LogP contribution is -2.53.